The molecule has 106 valence electrons. The number of nitrogens with one attached hydrogen (secondary N) is 3. The lowest BCUT2D eigenvalue weighted by Gasteiger charge is -2.04. The first-order valence-corrected chi connectivity index (χ1v) is 6.54. The van der Waals surface area contributed by atoms with Gasteiger partial charge in [-0.15, -0.1) is 0 Å². The summed E-state index contributed by atoms with van der Waals surface area (Å²) in [5.74, 6) is -0.321. The van der Waals surface area contributed by atoms with E-state index < -0.39 is 0 Å². The van der Waals surface area contributed by atoms with Crippen molar-refractivity contribution >= 4 is 28.4 Å². The highest BCUT2D eigenvalue weighted by Gasteiger charge is 2.10. The molecular formula is C14H18N4O2. The monoisotopic (exact) mass is 274 g/mol. The highest BCUT2D eigenvalue weighted by molar-refractivity contribution is 6.00. The minimum absolute atomic E-state index is 0.0753. The molecule has 1 heterocycles. The van der Waals surface area contributed by atoms with Crippen LogP contribution in [-0.4, -0.2) is 29.9 Å². The van der Waals surface area contributed by atoms with Gasteiger partial charge in [-0.1, -0.05) is 12.1 Å². The zero-order chi connectivity index (χ0) is 14.5. The molecule has 2 rings (SSSR count). The van der Waals surface area contributed by atoms with Gasteiger partial charge in [-0.2, -0.15) is 0 Å². The molecule has 0 radical (unpaired) electrons. The van der Waals surface area contributed by atoms with E-state index in [-0.39, 0.29) is 18.2 Å². The van der Waals surface area contributed by atoms with Crippen LogP contribution in [0.1, 0.15) is 23.8 Å². The summed E-state index contributed by atoms with van der Waals surface area (Å²) in [4.78, 5) is 26.2. The second-order valence-electron chi connectivity index (χ2n) is 4.45. The normalized spacial score (nSPS) is 10.4. The van der Waals surface area contributed by atoms with Gasteiger partial charge in [0.2, 0.25) is 5.91 Å². The molecule has 0 fully saturated rings. The number of anilines is 1. The van der Waals surface area contributed by atoms with E-state index in [1.165, 1.54) is 0 Å². The third kappa shape index (κ3) is 3.09. The van der Waals surface area contributed by atoms with Crippen LogP contribution in [0.25, 0.3) is 10.9 Å². The zero-order valence-electron chi connectivity index (χ0n) is 11.3. The fourth-order valence-electron chi connectivity index (χ4n) is 1.97. The highest BCUT2D eigenvalue weighted by Crippen LogP contribution is 2.20. The van der Waals surface area contributed by atoms with Gasteiger partial charge in [0, 0.05) is 24.9 Å². The van der Waals surface area contributed by atoms with E-state index in [4.69, 9.17) is 5.73 Å². The van der Waals surface area contributed by atoms with Gasteiger partial charge >= 0.3 is 0 Å². The summed E-state index contributed by atoms with van der Waals surface area (Å²) in [5.41, 5.74) is 7.62. The zero-order valence-corrected chi connectivity index (χ0v) is 11.3. The maximum absolute atomic E-state index is 12.0. The number of benzene rings is 1. The van der Waals surface area contributed by atoms with Crippen LogP contribution in [0.5, 0.6) is 0 Å². The molecule has 0 aliphatic carbocycles. The number of fused-ring (bicyclic) bond motifs is 1. The Labute approximate surface area is 116 Å². The molecule has 2 aromatic rings. The molecule has 1 aromatic heterocycles. The Morgan fingerprint density at radius 3 is 2.80 bits per heavy atom. The number of aromatic amines is 1. The van der Waals surface area contributed by atoms with Crippen LogP contribution in [0.4, 0.5) is 5.69 Å². The summed E-state index contributed by atoms with van der Waals surface area (Å²) in [7, 11) is 0. The van der Waals surface area contributed by atoms with Crippen molar-refractivity contribution < 1.29 is 9.59 Å². The van der Waals surface area contributed by atoms with Gasteiger partial charge in [-0.05, 0) is 19.1 Å². The number of hydrogen-bond donors (Lipinski definition) is 4. The van der Waals surface area contributed by atoms with Gasteiger partial charge in [-0.3, -0.25) is 9.59 Å². The molecule has 0 saturated carbocycles. The van der Waals surface area contributed by atoms with E-state index in [1.807, 2.05) is 19.1 Å². The van der Waals surface area contributed by atoms with Crippen LogP contribution in [0.15, 0.2) is 24.3 Å². The molecule has 2 amide bonds. The third-order valence-corrected chi connectivity index (χ3v) is 2.94. The Kier molecular flexibility index (Phi) is 4.24. The average Bonchev–Trinajstić information content (AvgIpc) is 2.84. The number of para-hydroxylation sites is 1. The van der Waals surface area contributed by atoms with Crippen LogP contribution in [0.2, 0.25) is 0 Å². The molecule has 5 N–H and O–H groups in total. The Hall–Kier alpha value is -2.50. The molecule has 1 aromatic carbocycles. The van der Waals surface area contributed by atoms with Crippen molar-refractivity contribution in [1.82, 2.24) is 15.6 Å². The van der Waals surface area contributed by atoms with Crippen molar-refractivity contribution in [2.75, 3.05) is 18.8 Å². The molecule has 0 spiro atoms. The molecule has 0 saturated heterocycles. The van der Waals surface area contributed by atoms with Crippen molar-refractivity contribution in [3.8, 4) is 0 Å². The van der Waals surface area contributed by atoms with Crippen molar-refractivity contribution in [2.45, 2.75) is 13.3 Å². The third-order valence-electron chi connectivity index (χ3n) is 2.94. The van der Waals surface area contributed by atoms with Crippen molar-refractivity contribution in [2.24, 2.45) is 0 Å². The molecular weight excluding hydrogens is 256 g/mol. The Balaban J connectivity index is 1.98. The number of carbonyl (C=O) groups excluding carboxylic acids is 2. The summed E-state index contributed by atoms with van der Waals surface area (Å²) < 4.78 is 0. The number of amides is 2. The van der Waals surface area contributed by atoms with Gasteiger partial charge in [-0.25, -0.2) is 0 Å². The highest BCUT2D eigenvalue weighted by atomic mass is 16.2. The van der Waals surface area contributed by atoms with Gasteiger partial charge in [0.1, 0.15) is 5.69 Å². The van der Waals surface area contributed by atoms with E-state index in [1.54, 1.807) is 12.1 Å². The number of rotatable bonds is 5. The SMILES string of the molecule is CCNC(=O)CCNC(=O)c1cc2cccc(N)c2[nH]1. The van der Waals surface area contributed by atoms with Gasteiger partial charge < -0.3 is 21.4 Å². The molecule has 6 heteroatoms. The lowest BCUT2D eigenvalue weighted by Crippen LogP contribution is -2.30. The fraction of sp³-hybridized carbons (Fsp3) is 0.286. The Bertz CT molecular complexity index is 633. The van der Waals surface area contributed by atoms with Crippen LogP contribution < -0.4 is 16.4 Å². The number of hydrogen-bond acceptors (Lipinski definition) is 3. The van der Waals surface area contributed by atoms with Gasteiger partial charge in [0.05, 0.1) is 11.2 Å². The number of carbonyl (C=O) groups is 2. The summed E-state index contributed by atoms with van der Waals surface area (Å²) in [5, 5.41) is 6.26. The van der Waals surface area contributed by atoms with Crippen molar-refractivity contribution in [3.05, 3.63) is 30.0 Å². The number of nitrogens with two attached hydrogens (primary N) is 1. The minimum atomic E-state index is -0.245. The lowest BCUT2D eigenvalue weighted by molar-refractivity contribution is -0.120. The predicted molar refractivity (Wildman–Crippen MR) is 78.3 cm³/mol. The van der Waals surface area contributed by atoms with Crippen LogP contribution in [0.3, 0.4) is 0 Å². The minimum Gasteiger partial charge on any atom is -0.397 e. The molecule has 0 aliphatic rings. The molecule has 20 heavy (non-hydrogen) atoms. The molecule has 0 bridgehead atoms. The standard InChI is InChI=1S/C14H18N4O2/c1-2-16-12(19)6-7-17-14(20)11-8-9-4-3-5-10(15)13(9)18-11/h3-5,8,18H,2,6-7,15H2,1H3,(H,16,19)(H,17,20). The lowest BCUT2D eigenvalue weighted by atomic mass is 10.2. The smallest absolute Gasteiger partial charge is 0.267 e. The number of H-pyrrole nitrogens is 1. The first-order valence-electron chi connectivity index (χ1n) is 6.54. The first-order chi connectivity index (χ1) is 9.61. The fourth-order valence-corrected chi connectivity index (χ4v) is 1.97. The Morgan fingerprint density at radius 1 is 1.30 bits per heavy atom. The second kappa shape index (κ2) is 6.10. The molecule has 0 atom stereocenters. The van der Waals surface area contributed by atoms with Crippen LogP contribution in [0, 0.1) is 0 Å². The first kappa shape index (κ1) is 13.9. The summed E-state index contributed by atoms with van der Waals surface area (Å²) >= 11 is 0. The molecule has 6 nitrogen and oxygen atoms in total. The van der Waals surface area contributed by atoms with Gasteiger partial charge in [0.15, 0.2) is 0 Å². The van der Waals surface area contributed by atoms with Crippen LogP contribution >= 0.6 is 0 Å². The van der Waals surface area contributed by atoms with Crippen LogP contribution in [-0.2, 0) is 4.79 Å². The van der Waals surface area contributed by atoms with E-state index in [0.29, 0.717) is 24.5 Å². The maximum Gasteiger partial charge on any atom is 0.267 e. The average molecular weight is 274 g/mol. The van der Waals surface area contributed by atoms with Crippen molar-refractivity contribution in [1.29, 1.82) is 0 Å². The summed E-state index contributed by atoms with van der Waals surface area (Å²) in [6.07, 6.45) is 0.266. The van der Waals surface area contributed by atoms with E-state index in [2.05, 4.69) is 15.6 Å². The maximum atomic E-state index is 12.0. The topological polar surface area (TPSA) is 100 Å². The largest absolute Gasteiger partial charge is 0.397 e. The molecule has 0 unspecified atom stereocenters. The van der Waals surface area contributed by atoms with E-state index in [9.17, 15) is 9.59 Å². The van der Waals surface area contributed by atoms with Gasteiger partial charge in [0.25, 0.3) is 5.91 Å². The Morgan fingerprint density at radius 2 is 2.10 bits per heavy atom. The number of nitrogen functional groups attached to an aromatic ring is 1. The van der Waals surface area contributed by atoms with E-state index in [0.717, 1.165) is 10.9 Å². The number of aromatic nitrogens is 1. The molecule has 0 aliphatic heterocycles. The predicted octanol–water partition coefficient (Wildman–Crippen LogP) is 1.01. The summed E-state index contributed by atoms with van der Waals surface area (Å²) in [6.45, 7) is 2.74. The second-order valence-corrected chi connectivity index (χ2v) is 4.45. The quantitative estimate of drug-likeness (QED) is 0.612. The summed E-state index contributed by atoms with van der Waals surface area (Å²) in [6, 6.07) is 7.23. The van der Waals surface area contributed by atoms with E-state index >= 15 is 0 Å². The van der Waals surface area contributed by atoms with Crippen molar-refractivity contribution in [3.63, 3.8) is 0 Å².